The fourth-order valence-corrected chi connectivity index (χ4v) is 4.60. The summed E-state index contributed by atoms with van der Waals surface area (Å²) < 4.78 is 0. The van der Waals surface area contributed by atoms with Gasteiger partial charge in [-0.25, -0.2) is 4.98 Å². The molecule has 0 saturated carbocycles. The lowest BCUT2D eigenvalue weighted by atomic mass is 9.86. The van der Waals surface area contributed by atoms with Gasteiger partial charge in [-0.2, -0.15) is 0 Å². The van der Waals surface area contributed by atoms with E-state index in [0.29, 0.717) is 5.69 Å². The molecule has 0 aliphatic carbocycles. The number of nitrogens with two attached hydrogens (primary N) is 1. The maximum absolute atomic E-state index is 13.0. The minimum absolute atomic E-state index is 0. The molecule has 5 N–H and O–H groups in total. The Morgan fingerprint density at radius 2 is 1.94 bits per heavy atom. The van der Waals surface area contributed by atoms with Gasteiger partial charge in [0.15, 0.2) is 0 Å². The monoisotopic (exact) mass is 496 g/mol. The minimum atomic E-state index is -0.761. The van der Waals surface area contributed by atoms with E-state index in [1.807, 2.05) is 52.0 Å². The van der Waals surface area contributed by atoms with Crippen molar-refractivity contribution in [2.75, 3.05) is 6.54 Å². The standard InChI is InChI=1S/C23H32N4O4S.ClH/c1-13(14-5-7-15(8-6-14)19-17(11-28)25-12-32-19)26-21(30)18-9-16(29)10-27(18)22(31)20(24)23(2,3)4;/h5-8,12-13,16,18,20,28-29H,9-11,24H2,1-4H3,(H,26,30);1H/t13-,16+,18-,20+;/m0./s1. The molecule has 0 spiro atoms. The van der Waals surface area contributed by atoms with Crippen LogP contribution < -0.4 is 11.1 Å². The van der Waals surface area contributed by atoms with Gasteiger partial charge < -0.3 is 26.2 Å². The molecule has 3 rings (SSSR count). The highest BCUT2D eigenvalue weighted by molar-refractivity contribution is 7.13. The second kappa shape index (κ2) is 10.9. The van der Waals surface area contributed by atoms with Gasteiger partial charge in [-0.15, -0.1) is 23.7 Å². The third kappa shape index (κ3) is 6.10. The average Bonchev–Trinajstić information content (AvgIpc) is 3.38. The second-order valence-electron chi connectivity index (χ2n) is 9.38. The van der Waals surface area contributed by atoms with Crippen LogP contribution in [0.5, 0.6) is 0 Å². The summed E-state index contributed by atoms with van der Waals surface area (Å²) in [5.74, 6) is -0.631. The number of hydrogen-bond acceptors (Lipinski definition) is 7. The number of β-amino-alcohol motifs (C(OH)–C–C–N with tert-alkyl or cyclic N) is 1. The summed E-state index contributed by atoms with van der Waals surface area (Å²) >= 11 is 1.46. The Morgan fingerprint density at radius 3 is 2.52 bits per heavy atom. The molecule has 8 nitrogen and oxygen atoms in total. The van der Waals surface area contributed by atoms with Crippen LogP contribution in [0.25, 0.3) is 10.4 Å². The molecule has 182 valence electrons. The fraction of sp³-hybridized carbons (Fsp3) is 0.522. The molecule has 1 aliphatic heterocycles. The van der Waals surface area contributed by atoms with Crippen molar-refractivity contribution in [1.29, 1.82) is 0 Å². The number of halogens is 1. The molecule has 10 heteroatoms. The predicted molar refractivity (Wildman–Crippen MR) is 131 cm³/mol. The summed E-state index contributed by atoms with van der Waals surface area (Å²) in [5.41, 5.74) is 9.87. The third-order valence-corrected chi connectivity index (χ3v) is 6.80. The van der Waals surface area contributed by atoms with Gasteiger partial charge in [0.2, 0.25) is 11.8 Å². The van der Waals surface area contributed by atoms with E-state index in [9.17, 15) is 19.8 Å². The van der Waals surface area contributed by atoms with Crippen LogP contribution in [0, 0.1) is 5.41 Å². The van der Waals surface area contributed by atoms with Crippen molar-refractivity contribution >= 4 is 35.6 Å². The topological polar surface area (TPSA) is 129 Å². The molecule has 1 aromatic carbocycles. The van der Waals surface area contributed by atoms with Crippen molar-refractivity contribution < 1.29 is 19.8 Å². The van der Waals surface area contributed by atoms with E-state index in [2.05, 4.69) is 10.3 Å². The molecular formula is C23H33ClN4O4S. The molecule has 33 heavy (non-hydrogen) atoms. The van der Waals surface area contributed by atoms with Gasteiger partial charge in [0, 0.05) is 13.0 Å². The largest absolute Gasteiger partial charge is 0.391 e. The number of aromatic nitrogens is 1. The number of nitrogens with zero attached hydrogens (tertiary/aromatic N) is 2. The Kier molecular flexibility index (Phi) is 9.01. The number of nitrogens with one attached hydrogen (secondary N) is 1. The normalized spacial score (nSPS) is 20.2. The number of amides is 2. The van der Waals surface area contributed by atoms with Crippen LogP contribution in [0.3, 0.4) is 0 Å². The van der Waals surface area contributed by atoms with Crippen LogP contribution in [0.15, 0.2) is 29.8 Å². The zero-order chi connectivity index (χ0) is 23.6. The van der Waals surface area contributed by atoms with Crippen molar-refractivity contribution in [2.24, 2.45) is 11.1 Å². The van der Waals surface area contributed by atoms with E-state index in [1.54, 1.807) is 5.51 Å². The van der Waals surface area contributed by atoms with E-state index in [1.165, 1.54) is 16.2 Å². The Labute approximate surface area is 204 Å². The summed E-state index contributed by atoms with van der Waals surface area (Å²) in [4.78, 5) is 32.4. The lowest BCUT2D eigenvalue weighted by molar-refractivity contribution is -0.141. The molecule has 1 aliphatic rings. The molecule has 0 unspecified atom stereocenters. The van der Waals surface area contributed by atoms with Gasteiger partial charge in [0.05, 0.1) is 40.9 Å². The Bertz CT molecular complexity index is 960. The van der Waals surface area contributed by atoms with Crippen molar-refractivity contribution in [2.45, 2.75) is 65.0 Å². The lowest BCUT2D eigenvalue weighted by Gasteiger charge is -2.32. The number of likely N-dealkylation sites (tertiary alicyclic amines) is 1. The molecule has 0 bridgehead atoms. The van der Waals surface area contributed by atoms with Gasteiger partial charge >= 0.3 is 0 Å². The zero-order valence-corrected chi connectivity index (χ0v) is 20.9. The summed E-state index contributed by atoms with van der Waals surface area (Å²) in [7, 11) is 0. The highest BCUT2D eigenvalue weighted by Crippen LogP contribution is 2.29. The number of carbonyl (C=O) groups excluding carboxylic acids is 2. The molecule has 1 saturated heterocycles. The number of rotatable bonds is 6. The first-order valence-electron chi connectivity index (χ1n) is 10.7. The van der Waals surface area contributed by atoms with Gasteiger partial charge in [0.1, 0.15) is 6.04 Å². The fourth-order valence-electron chi connectivity index (χ4n) is 3.79. The number of aliphatic hydroxyl groups is 2. The first-order valence-corrected chi connectivity index (χ1v) is 11.6. The highest BCUT2D eigenvalue weighted by atomic mass is 35.5. The Morgan fingerprint density at radius 1 is 1.30 bits per heavy atom. The lowest BCUT2D eigenvalue weighted by Crippen LogP contribution is -2.55. The summed E-state index contributed by atoms with van der Waals surface area (Å²) in [6.45, 7) is 7.48. The number of aliphatic hydroxyl groups excluding tert-OH is 2. The van der Waals surface area contributed by atoms with Crippen LogP contribution in [0.1, 0.15) is 51.4 Å². The molecule has 2 amide bonds. The molecule has 4 atom stereocenters. The molecule has 2 heterocycles. The molecule has 2 aromatic rings. The predicted octanol–water partition coefficient (Wildman–Crippen LogP) is 2.24. The molecular weight excluding hydrogens is 464 g/mol. The first kappa shape index (κ1) is 27.2. The maximum Gasteiger partial charge on any atom is 0.243 e. The number of thiazole rings is 1. The molecule has 0 radical (unpaired) electrons. The van der Waals surface area contributed by atoms with Crippen molar-refractivity contribution in [1.82, 2.24) is 15.2 Å². The summed E-state index contributed by atoms with van der Waals surface area (Å²) in [5, 5.41) is 22.5. The maximum atomic E-state index is 13.0. The van der Waals surface area contributed by atoms with Crippen LogP contribution in [-0.4, -0.2) is 56.6 Å². The van der Waals surface area contributed by atoms with Crippen LogP contribution >= 0.6 is 23.7 Å². The van der Waals surface area contributed by atoms with Crippen LogP contribution in [0.2, 0.25) is 0 Å². The zero-order valence-electron chi connectivity index (χ0n) is 19.3. The Hall–Kier alpha value is -2.04. The molecule has 1 aromatic heterocycles. The highest BCUT2D eigenvalue weighted by Gasteiger charge is 2.42. The van der Waals surface area contributed by atoms with Crippen molar-refractivity contribution in [3.05, 3.63) is 41.0 Å². The second-order valence-corrected chi connectivity index (χ2v) is 10.2. The van der Waals surface area contributed by atoms with E-state index in [0.717, 1.165) is 16.0 Å². The quantitative estimate of drug-likeness (QED) is 0.485. The van der Waals surface area contributed by atoms with Gasteiger partial charge in [-0.3, -0.25) is 9.59 Å². The first-order chi connectivity index (χ1) is 15.0. The SMILES string of the molecule is C[C@H](NC(=O)[C@@H]1C[C@@H](O)CN1C(=O)[C@@H](N)C(C)(C)C)c1ccc(-c2scnc2CO)cc1.Cl. The van der Waals surface area contributed by atoms with E-state index < -0.39 is 23.6 Å². The molecule has 1 fully saturated rings. The van der Waals surface area contributed by atoms with Gasteiger partial charge in [-0.05, 0) is 23.5 Å². The summed E-state index contributed by atoms with van der Waals surface area (Å²) in [6.07, 6.45) is -0.563. The number of hydrogen-bond donors (Lipinski definition) is 4. The van der Waals surface area contributed by atoms with Crippen LogP contribution in [-0.2, 0) is 16.2 Å². The number of carbonyl (C=O) groups is 2. The smallest absolute Gasteiger partial charge is 0.243 e. The van der Waals surface area contributed by atoms with Crippen molar-refractivity contribution in [3.8, 4) is 10.4 Å². The third-order valence-electron chi connectivity index (χ3n) is 5.89. The number of benzene rings is 1. The van der Waals surface area contributed by atoms with Crippen molar-refractivity contribution in [3.63, 3.8) is 0 Å². The van der Waals surface area contributed by atoms with Gasteiger partial charge in [-0.1, -0.05) is 45.0 Å². The van der Waals surface area contributed by atoms with Crippen LogP contribution in [0.4, 0.5) is 0 Å². The van der Waals surface area contributed by atoms with Gasteiger partial charge in [0.25, 0.3) is 0 Å². The van der Waals surface area contributed by atoms with E-state index in [4.69, 9.17) is 5.73 Å². The summed E-state index contributed by atoms with van der Waals surface area (Å²) in [6, 6.07) is 5.90. The Balaban J connectivity index is 0.00000385. The van der Waals surface area contributed by atoms with E-state index >= 15 is 0 Å². The average molecular weight is 497 g/mol. The van der Waals surface area contributed by atoms with E-state index in [-0.39, 0.29) is 49.8 Å². The minimum Gasteiger partial charge on any atom is -0.391 e.